The van der Waals surface area contributed by atoms with E-state index in [9.17, 15) is 13.2 Å². The van der Waals surface area contributed by atoms with Crippen LogP contribution >= 0.6 is 10.7 Å². The Balaban J connectivity index is 3.15. The van der Waals surface area contributed by atoms with Crippen molar-refractivity contribution in [1.29, 1.82) is 0 Å². The standard InChI is InChI=1S/C13H18ClNO3S/c1-5-8(2)13(16)15-12-9(3)6-11(7-10(12)4)19(14,17)18/h6-8H,5H2,1-4H3,(H,15,16). The Kier molecular flexibility index (Phi) is 4.98. The largest absolute Gasteiger partial charge is 0.325 e. The summed E-state index contributed by atoms with van der Waals surface area (Å²) in [7, 11) is 1.56. The molecule has 1 atom stereocenters. The van der Waals surface area contributed by atoms with Crippen molar-refractivity contribution in [1.82, 2.24) is 0 Å². The van der Waals surface area contributed by atoms with Crippen LogP contribution in [0, 0.1) is 19.8 Å². The molecule has 1 rings (SSSR count). The first-order valence-electron chi connectivity index (χ1n) is 6.03. The van der Waals surface area contributed by atoms with Gasteiger partial charge in [-0.1, -0.05) is 13.8 Å². The summed E-state index contributed by atoms with van der Waals surface area (Å²) in [6.45, 7) is 7.26. The minimum absolute atomic E-state index is 0.0469. The van der Waals surface area contributed by atoms with Crippen LogP contribution in [0.2, 0.25) is 0 Å². The summed E-state index contributed by atoms with van der Waals surface area (Å²) in [4.78, 5) is 11.9. The SMILES string of the molecule is CCC(C)C(=O)Nc1c(C)cc(S(=O)(=O)Cl)cc1C. The Morgan fingerprint density at radius 2 is 1.79 bits per heavy atom. The first-order chi connectivity index (χ1) is 8.66. The zero-order valence-electron chi connectivity index (χ0n) is 11.5. The molecule has 0 radical (unpaired) electrons. The van der Waals surface area contributed by atoms with Gasteiger partial charge in [-0.25, -0.2) is 8.42 Å². The highest BCUT2D eigenvalue weighted by atomic mass is 35.7. The van der Waals surface area contributed by atoms with Crippen molar-refractivity contribution >= 4 is 31.3 Å². The van der Waals surface area contributed by atoms with Crippen molar-refractivity contribution in [3.05, 3.63) is 23.3 Å². The van der Waals surface area contributed by atoms with Crippen molar-refractivity contribution in [3.63, 3.8) is 0 Å². The average Bonchev–Trinajstić information content (AvgIpc) is 2.30. The number of nitrogens with one attached hydrogen (secondary N) is 1. The first-order valence-corrected chi connectivity index (χ1v) is 8.34. The van der Waals surface area contributed by atoms with Gasteiger partial charge in [-0.05, 0) is 43.5 Å². The van der Waals surface area contributed by atoms with Gasteiger partial charge in [0.05, 0.1) is 4.90 Å². The minimum Gasteiger partial charge on any atom is -0.325 e. The normalized spacial score (nSPS) is 13.1. The average molecular weight is 304 g/mol. The number of aryl methyl sites for hydroxylation is 2. The van der Waals surface area contributed by atoms with Crippen LogP contribution in [0.3, 0.4) is 0 Å². The molecule has 0 aliphatic heterocycles. The number of hydrogen-bond donors (Lipinski definition) is 1. The van der Waals surface area contributed by atoms with Crippen LogP contribution in [0.25, 0.3) is 0 Å². The van der Waals surface area contributed by atoms with Gasteiger partial charge < -0.3 is 5.32 Å². The molecule has 4 nitrogen and oxygen atoms in total. The number of hydrogen-bond acceptors (Lipinski definition) is 3. The lowest BCUT2D eigenvalue weighted by Crippen LogP contribution is -2.21. The molecule has 6 heteroatoms. The van der Waals surface area contributed by atoms with E-state index in [0.29, 0.717) is 16.8 Å². The Hall–Kier alpha value is -1.07. The summed E-state index contributed by atoms with van der Waals surface area (Å²) in [5, 5.41) is 2.83. The zero-order chi connectivity index (χ0) is 14.8. The fraction of sp³-hybridized carbons (Fsp3) is 0.462. The van der Waals surface area contributed by atoms with Gasteiger partial charge in [-0.2, -0.15) is 0 Å². The number of benzene rings is 1. The second-order valence-electron chi connectivity index (χ2n) is 4.67. The molecule has 0 spiro atoms. The molecule has 106 valence electrons. The van der Waals surface area contributed by atoms with Crippen LogP contribution in [0.1, 0.15) is 31.4 Å². The van der Waals surface area contributed by atoms with Gasteiger partial charge in [0.15, 0.2) is 0 Å². The third kappa shape index (κ3) is 3.94. The smallest absolute Gasteiger partial charge is 0.261 e. The second-order valence-corrected chi connectivity index (χ2v) is 7.23. The van der Waals surface area contributed by atoms with Crippen LogP contribution < -0.4 is 5.32 Å². The molecule has 0 bridgehead atoms. The fourth-order valence-corrected chi connectivity index (χ4v) is 2.60. The summed E-state index contributed by atoms with van der Waals surface area (Å²) >= 11 is 0. The highest BCUT2D eigenvalue weighted by molar-refractivity contribution is 8.13. The van der Waals surface area contributed by atoms with Gasteiger partial charge in [0, 0.05) is 22.3 Å². The zero-order valence-corrected chi connectivity index (χ0v) is 13.0. The van der Waals surface area contributed by atoms with E-state index in [-0.39, 0.29) is 16.7 Å². The topological polar surface area (TPSA) is 63.2 Å². The number of rotatable bonds is 4. The summed E-state index contributed by atoms with van der Waals surface area (Å²) in [6, 6.07) is 2.92. The third-order valence-electron chi connectivity index (χ3n) is 3.10. The maximum atomic E-state index is 11.9. The summed E-state index contributed by atoms with van der Waals surface area (Å²) in [6.07, 6.45) is 0.748. The van der Waals surface area contributed by atoms with Crippen molar-refractivity contribution in [2.45, 2.75) is 39.0 Å². The lowest BCUT2D eigenvalue weighted by molar-refractivity contribution is -0.119. The summed E-state index contributed by atoms with van der Waals surface area (Å²) in [5.41, 5.74) is 2.00. The third-order valence-corrected chi connectivity index (χ3v) is 4.43. The van der Waals surface area contributed by atoms with Crippen LogP contribution in [0.5, 0.6) is 0 Å². The summed E-state index contributed by atoms with van der Waals surface area (Å²) < 4.78 is 22.6. The van der Waals surface area contributed by atoms with Gasteiger partial charge in [-0.3, -0.25) is 4.79 Å². The van der Waals surface area contributed by atoms with Crippen molar-refractivity contribution in [2.75, 3.05) is 5.32 Å². The maximum Gasteiger partial charge on any atom is 0.261 e. The molecule has 0 aliphatic carbocycles. The number of amides is 1. The Morgan fingerprint density at radius 3 is 2.16 bits per heavy atom. The molecular weight excluding hydrogens is 286 g/mol. The molecule has 0 fully saturated rings. The van der Waals surface area contributed by atoms with E-state index in [1.54, 1.807) is 13.8 Å². The molecule has 1 N–H and O–H groups in total. The van der Waals surface area contributed by atoms with E-state index in [1.807, 2.05) is 13.8 Å². The summed E-state index contributed by atoms with van der Waals surface area (Å²) in [5.74, 6) is -0.162. The van der Waals surface area contributed by atoms with Gasteiger partial charge in [0.2, 0.25) is 5.91 Å². The molecule has 19 heavy (non-hydrogen) atoms. The van der Waals surface area contributed by atoms with Crippen LogP contribution in [-0.4, -0.2) is 14.3 Å². The van der Waals surface area contributed by atoms with E-state index in [2.05, 4.69) is 5.32 Å². The van der Waals surface area contributed by atoms with Crippen LogP contribution in [0.15, 0.2) is 17.0 Å². The van der Waals surface area contributed by atoms with E-state index in [4.69, 9.17) is 10.7 Å². The number of anilines is 1. The lowest BCUT2D eigenvalue weighted by Gasteiger charge is -2.15. The monoisotopic (exact) mass is 303 g/mol. The van der Waals surface area contributed by atoms with Gasteiger partial charge in [0.1, 0.15) is 0 Å². The minimum atomic E-state index is -3.75. The predicted molar refractivity (Wildman–Crippen MR) is 77.0 cm³/mol. The molecule has 0 saturated heterocycles. The molecule has 1 amide bonds. The van der Waals surface area contributed by atoms with Gasteiger partial charge in [-0.15, -0.1) is 0 Å². The Labute approximate surface area is 118 Å². The molecule has 1 aromatic rings. The van der Waals surface area contributed by atoms with E-state index in [1.165, 1.54) is 12.1 Å². The highest BCUT2D eigenvalue weighted by Gasteiger charge is 2.17. The molecule has 1 aromatic carbocycles. The molecule has 1 unspecified atom stereocenters. The van der Waals surface area contributed by atoms with Crippen LogP contribution in [-0.2, 0) is 13.8 Å². The first kappa shape index (κ1) is 16.0. The van der Waals surface area contributed by atoms with Crippen molar-refractivity contribution in [3.8, 4) is 0 Å². The number of halogens is 1. The molecule has 0 saturated carbocycles. The van der Waals surface area contributed by atoms with E-state index >= 15 is 0 Å². The molecular formula is C13H18ClNO3S. The molecule has 0 aliphatic rings. The van der Waals surface area contributed by atoms with E-state index in [0.717, 1.165) is 6.42 Å². The molecule has 0 aromatic heterocycles. The second kappa shape index (κ2) is 5.92. The number of carbonyl (C=O) groups is 1. The van der Waals surface area contributed by atoms with E-state index < -0.39 is 9.05 Å². The number of carbonyl (C=O) groups excluding carboxylic acids is 1. The fourth-order valence-electron chi connectivity index (χ4n) is 1.69. The lowest BCUT2D eigenvalue weighted by atomic mass is 10.1. The van der Waals surface area contributed by atoms with Crippen LogP contribution in [0.4, 0.5) is 5.69 Å². The maximum absolute atomic E-state index is 11.9. The predicted octanol–water partition coefficient (Wildman–Crippen LogP) is 3.22. The van der Waals surface area contributed by atoms with Gasteiger partial charge in [0.25, 0.3) is 9.05 Å². The highest BCUT2D eigenvalue weighted by Crippen LogP contribution is 2.27. The quantitative estimate of drug-likeness (QED) is 0.869. The van der Waals surface area contributed by atoms with Crippen molar-refractivity contribution < 1.29 is 13.2 Å². The molecule has 0 heterocycles. The van der Waals surface area contributed by atoms with Crippen molar-refractivity contribution in [2.24, 2.45) is 5.92 Å². The van der Waals surface area contributed by atoms with Gasteiger partial charge >= 0.3 is 0 Å². The Morgan fingerprint density at radius 1 is 1.32 bits per heavy atom. The Bertz CT molecular complexity index is 573.